The zero-order valence-electron chi connectivity index (χ0n) is 21.7. The predicted octanol–water partition coefficient (Wildman–Crippen LogP) is 6.19. The van der Waals surface area contributed by atoms with Crippen molar-refractivity contribution in [3.05, 3.63) is 98.1 Å². The highest BCUT2D eigenvalue weighted by Crippen LogP contribution is 2.40. The number of ether oxygens (including phenoxy) is 2. The minimum absolute atomic E-state index is 0.000213. The SMILES string of the molecule is CCOc1cc(/C=C2\SC(=O)N(CC(=O)N3CCc4ccccc4C3)C2=O)cc(Br)c1OCc1ccccc1F. The molecule has 0 bridgehead atoms. The minimum atomic E-state index is -0.519. The summed E-state index contributed by atoms with van der Waals surface area (Å²) >= 11 is 4.28. The highest BCUT2D eigenvalue weighted by atomic mass is 79.9. The van der Waals surface area contributed by atoms with Crippen LogP contribution in [0.2, 0.25) is 0 Å². The number of carbonyl (C=O) groups excluding carboxylic acids is 3. The Bertz CT molecular complexity index is 1510. The fourth-order valence-electron chi connectivity index (χ4n) is 4.57. The van der Waals surface area contributed by atoms with E-state index in [1.165, 1.54) is 11.6 Å². The first-order valence-corrected chi connectivity index (χ1v) is 14.4. The van der Waals surface area contributed by atoms with E-state index in [1.54, 1.807) is 41.3 Å². The van der Waals surface area contributed by atoms with Crippen molar-refractivity contribution in [3.8, 4) is 11.5 Å². The molecule has 206 valence electrons. The molecule has 1 saturated heterocycles. The van der Waals surface area contributed by atoms with E-state index in [1.807, 2.05) is 25.1 Å². The number of imide groups is 1. The van der Waals surface area contributed by atoms with Crippen LogP contribution in [0, 0.1) is 5.82 Å². The number of fused-ring (bicyclic) bond motifs is 1. The van der Waals surface area contributed by atoms with E-state index in [0.29, 0.717) is 46.8 Å². The fraction of sp³-hybridized carbons (Fsp3) is 0.233. The Hall–Kier alpha value is -3.63. The normalized spacial score (nSPS) is 15.9. The van der Waals surface area contributed by atoms with Crippen LogP contribution in [0.5, 0.6) is 11.5 Å². The second-order valence-corrected chi connectivity index (χ2v) is 11.1. The van der Waals surface area contributed by atoms with Gasteiger partial charge in [0, 0.05) is 18.7 Å². The van der Waals surface area contributed by atoms with E-state index in [-0.39, 0.29) is 29.8 Å². The molecule has 0 radical (unpaired) electrons. The number of hydrogen-bond acceptors (Lipinski definition) is 6. The van der Waals surface area contributed by atoms with Crippen molar-refractivity contribution < 1.29 is 28.2 Å². The van der Waals surface area contributed by atoms with Crippen molar-refractivity contribution in [1.29, 1.82) is 0 Å². The molecule has 2 heterocycles. The molecule has 10 heteroatoms. The van der Waals surface area contributed by atoms with Gasteiger partial charge in [0.1, 0.15) is 19.0 Å². The van der Waals surface area contributed by atoms with Crippen molar-refractivity contribution in [2.45, 2.75) is 26.5 Å². The second-order valence-electron chi connectivity index (χ2n) is 9.24. The number of halogens is 2. The number of rotatable bonds is 8. The highest BCUT2D eigenvalue weighted by Gasteiger charge is 2.37. The molecule has 2 aliphatic rings. The molecule has 0 N–H and O–H groups in total. The Morgan fingerprint density at radius 2 is 1.82 bits per heavy atom. The quantitative estimate of drug-likeness (QED) is 0.278. The first-order valence-electron chi connectivity index (χ1n) is 12.8. The highest BCUT2D eigenvalue weighted by molar-refractivity contribution is 9.10. The summed E-state index contributed by atoms with van der Waals surface area (Å²) in [5, 5.41) is -0.490. The van der Waals surface area contributed by atoms with Gasteiger partial charge in [0.25, 0.3) is 11.1 Å². The molecule has 40 heavy (non-hydrogen) atoms. The zero-order chi connectivity index (χ0) is 28.2. The Labute approximate surface area is 244 Å². The molecule has 0 unspecified atom stereocenters. The van der Waals surface area contributed by atoms with E-state index in [2.05, 4.69) is 22.0 Å². The van der Waals surface area contributed by atoms with E-state index in [9.17, 15) is 18.8 Å². The summed E-state index contributed by atoms with van der Waals surface area (Å²) in [5.74, 6) is -0.360. The molecular formula is C30H26BrFN2O5S. The summed E-state index contributed by atoms with van der Waals surface area (Å²) in [7, 11) is 0. The van der Waals surface area contributed by atoms with Crippen LogP contribution in [0.25, 0.3) is 6.08 Å². The first kappa shape index (κ1) is 27.9. The summed E-state index contributed by atoms with van der Waals surface area (Å²) in [6.45, 7) is 2.87. The molecule has 3 aromatic rings. The smallest absolute Gasteiger partial charge is 0.294 e. The van der Waals surface area contributed by atoms with Gasteiger partial charge < -0.3 is 14.4 Å². The van der Waals surface area contributed by atoms with Gasteiger partial charge in [0.05, 0.1) is 16.0 Å². The average molecular weight is 626 g/mol. The molecule has 3 amide bonds. The molecule has 0 spiro atoms. The van der Waals surface area contributed by atoms with Crippen LogP contribution >= 0.6 is 27.7 Å². The molecular weight excluding hydrogens is 599 g/mol. The molecule has 7 nitrogen and oxygen atoms in total. The molecule has 0 saturated carbocycles. The van der Waals surface area contributed by atoms with Gasteiger partial charge >= 0.3 is 0 Å². The Morgan fingerprint density at radius 1 is 1.07 bits per heavy atom. The molecule has 5 rings (SSSR count). The third kappa shape index (κ3) is 6.08. The van der Waals surface area contributed by atoms with Crippen molar-refractivity contribution in [2.24, 2.45) is 0 Å². The van der Waals surface area contributed by atoms with Gasteiger partial charge in [-0.15, -0.1) is 0 Å². The van der Waals surface area contributed by atoms with Crippen molar-refractivity contribution in [1.82, 2.24) is 9.80 Å². The van der Waals surface area contributed by atoms with Crippen molar-refractivity contribution >= 4 is 50.8 Å². The molecule has 3 aromatic carbocycles. The van der Waals surface area contributed by atoms with Gasteiger partial charge in [-0.3, -0.25) is 19.3 Å². The van der Waals surface area contributed by atoms with Crippen LogP contribution in [0.15, 0.2) is 70.0 Å². The van der Waals surface area contributed by atoms with E-state index in [4.69, 9.17) is 9.47 Å². The Morgan fingerprint density at radius 3 is 2.60 bits per heavy atom. The number of benzene rings is 3. The topological polar surface area (TPSA) is 76.2 Å². The summed E-state index contributed by atoms with van der Waals surface area (Å²) in [5.41, 5.74) is 3.28. The van der Waals surface area contributed by atoms with Crippen LogP contribution in [0.1, 0.15) is 29.2 Å². The van der Waals surface area contributed by atoms with Crippen LogP contribution < -0.4 is 9.47 Å². The van der Waals surface area contributed by atoms with Gasteiger partial charge in [-0.05, 0) is 82.0 Å². The van der Waals surface area contributed by atoms with Gasteiger partial charge in [-0.25, -0.2) is 4.39 Å². The molecule has 1 fully saturated rings. The Balaban J connectivity index is 1.30. The molecule has 0 aliphatic carbocycles. The van der Waals surface area contributed by atoms with Gasteiger partial charge in [0.15, 0.2) is 11.5 Å². The van der Waals surface area contributed by atoms with Crippen LogP contribution in [-0.2, 0) is 29.2 Å². The molecule has 2 aliphatic heterocycles. The summed E-state index contributed by atoms with van der Waals surface area (Å²) in [6.07, 6.45) is 2.32. The van der Waals surface area contributed by atoms with E-state index < -0.39 is 11.1 Å². The summed E-state index contributed by atoms with van der Waals surface area (Å²) < 4.78 is 26.2. The lowest BCUT2D eigenvalue weighted by Crippen LogP contribution is -2.44. The minimum Gasteiger partial charge on any atom is -0.490 e. The lowest BCUT2D eigenvalue weighted by atomic mass is 10.00. The lowest BCUT2D eigenvalue weighted by molar-refractivity contribution is -0.136. The van der Waals surface area contributed by atoms with Crippen molar-refractivity contribution in [3.63, 3.8) is 0 Å². The van der Waals surface area contributed by atoms with E-state index in [0.717, 1.165) is 28.6 Å². The first-order chi connectivity index (χ1) is 19.3. The third-order valence-electron chi connectivity index (χ3n) is 6.61. The monoisotopic (exact) mass is 624 g/mol. The Kier molecular flexibility index (Phi) is 8.56. The van der Waals surface area contributed by atoms with Crippen molar-refractivity contribution in [2.75, 3.05) is 19.7 Å². The maximum absolute atomic E-state index is 14.1. The number of hydrogen-bond donors (Lipinski definition) is 0. The largest absolute Gasteiger partial charge is 0.490 e. The van der Waals surface area contributed by atoms with Crippen LogP contribution in [0.4, 0.5) is 9.18 Å². The maximum Gasteiger partial charge on any atom is 0.294 e. The number of nitrogens with zero attached hydrogens (tertiary/aromatic N) is 2. The lowest BCUT2D eigenvalue weighted by Gasteiger charge is -2.29. The zero-order valence-corrected chi connectivity index (χ0v) is 24.1. The fourth-order valence-corrected chi connectivity index (χ4v) is 5.98. The molecule has 0 aromatic heterocycles. The summed E-state index contributed by atoms with van der Waals surface area (Å²) in [6, 6.07) is 17.7. The standard InChI is InChI=1S/C30H26BrFN2O5S/c1-2-38-25-14-19(13-23(31)28(25)39-18-22-9-5-6-10-24(22)32)15-26-29(36)34(30(37)40-26)17-27(35)33-12-11-20-7-3-4-8-21(20)16-33/h3-10,13-15H,2,11-12,16-18H2,1H3/b26-15-. The number of amides is 3. The van der Waals surface area contributed by atoms with Gasteiger partial charge in [-0.1, -0.05) is 42.5 Å². The van der Waals surface area contributed by atoms with Crippen LogP contribution in [-0.4, -0.2) is 46.5 Å². The number of thioether (sulfide) groups is 1. The number of carbonyl (C=O) groups is 3. The predicted molar refractivity (Wildman–Crippen MR) is 154 cm³/mol. The van der Waals surface area contributed by atoms with Crippen LogP contribution in [0.3, 0.4) is 0 Å². The van der Waals surface area contributed by atoms with Gasteiger partial charge in [-0.2, -0.15) is 0 Å². The molecule has 0 atom stereocenters. The van der Waals surface area contributed by atoms with Gasteiger partial charge in [0.2, 0.25) is 5.91 Å². The second kappa shape index (κ2) is 12.3. The third-order valence-corrected chi connectivity index (χ3v) is 8.11. The maximum atomic E-state index is 14.1. The van der Waals surface area contributed by atoms with E-state index >= 15 is 0 Å². The summed E-state index contributed by atoms with van der Waals surface area (Å²) in [4.78, 5) is 41.7. The average Bonchev–Trinajstić information content (AvgIpc) is 3.20.